The van der Waals surface area contributed by atoms with Crippen molar-refractivity contribution < 1.29 is 24.5 Å². The van der Waals surface area contributed by atoms with Gasteiger partial charge < -0.3 is 14.0 Å². The quantitative estimate of drug-likeness (QED) is 0.112. The Morgan fingerprint density at radius 3 is 2.06 bits per heavy atom. The second-order valence-electron chi connectivity index (χ2n) is 19.5. The summed E-state index contributed by atoms with van der Waals surface area (Å²) in [5.41, 5.74) is 15.5. The Labute approximate surface area is 388 Å². The maximum absolute atomic E-state index is 6.49. The minimum absolute atomic E-state index is 0. The van der Waals surface area contributed by atoms with Crippen LogP contribution in [0.5, 0.6) is 0 Å². The maximum atomic E-state index is 6.49. The SMILES string of the molecule is CC(C)(C)Cc1cc(-c2[c-]cccc2)ncc1[Si](C)(C)C.Cc1cncc2c1nc(-c1[c-]ccc3c1oc1ccccc13)n2-c1c(C(C)C)cc(-c2ccccc2)cc1C(C)C.[Ir]. The topological polar surface area (TPSA) is 56.7 Å². The number of imidazole rings is 1. The van der Waals surface area contributed by atoms with Crippen LogP contribution < -0.4 is 5.19 Å². The molecule has 9 rings (SSSR count). The third-order valence-corrected chi connectivity index (χ3v) is 13.6. The number of benzene rings is 5. The predicted octanol–water partition coefficient (Wildman–Crippen LogP) is 14.7. The molecule has 4 heterocycles. The number of furan rings is 1. The number of aromatic nitrogens is 4. The van der Waals surface area contributed by atoms with Gasteiger partial charge >= 0.3 is 0 Å². The Kier molecular flexibility index (Phi) is 13.3. The molecular weight excluding hydrogens is 965 g/mol. The molecule has 0 bridgehead atoms. The smallest absolute Gasteiger partial charge is 0.120 e. The molecular formula is C56H58IrN4OSi-2. The Morgan fingerprint density at radius 2 is 1.41 bits per heavy atom. The van der Waals surface area contributed by atoms with Gasteiger partial charge in [0.1, 0.15) is 5.58 Å². The van der Waals surface area contributed by atoms with Crippen molar-refractivity contribution in [1.82, 2.24) is 19.5 Å². The van der Waals surface area contributed by atoms with E-state index in [1.807, 2.05) is 48.8 Å². The van der Waals surface area contributed by atoms with Crippen molar-refractivity contribution in [3.05, 3.63) is 162 Å². The molecule has 0 aliphatic rings. The monoisotopic (exact) mass is 1020 g/mol. The zero-order valence-corrected chi connectivity index (χ0v) is 41.9. The minimum atomic E-state index is -1.37. The van der Waals surface area contributed by atoms with Crippen LogP contribution in [-0.2, 0) is 26.5 Å². The molecule has 0 saturated carbocycles. The van der Waals surface area contributed by atoms with Crippen LogP contribution in [0.1, 0.15) is 82.6 Å². The van der Waals surface area contributed by atoms with Gasteiger partial charge in [-0.25, -0.2) is 0 Å². The van der Waals surface area contributed by atoms with Gasteiger partial charge in [-0.1, -0.05) is 139 Å². The van der Waals surface area contributed by atoms with E-state index in [1.165, 1.54) is 38.7 Å². The zero-order valence-electron chi connectivity index (χ0n) is 38.5. The summed E-state index contributed by atoms with van der Waals surface area (Å²) < 4.78 is 8.80. The molecule has 7 heteroatoms. The standard InChI is InChI=1S/C37H32N3O.C19H26NSi.Ir/c1-22(2)30-18-26(25-12-7-6-8-13-25)19-31(23(3)4)35(30)40-32-21-38-20-24(5)34(32)39-37(40)29-16-11-15-28-27-14-9-10-17-33(27)41-36(28)29;1-19(2,3)13-16-12-17(15-10-8-7-9-11-15)20-14-18(16)21(4,5)6;/h6-15,17-23H,1-5H3;7-10,12,14H,13H2,1-6H3;/q2*-1;. The summed E-state index contributed by atoms with van der Waals surface area (Å²) in [5.74, 6) is 1.37. The van der Waals surface area contributed by atoms with Crippen molar-refractivity contribution in [2.45, 2.75) is 93.3 Å². The van der Waals surface area contributed by atoms with E-state index < -0.39 is 8.07 Å². The fraction of sp³-hybridized carbons (Fsp3) is 0.268. The van der Waals surface area contributed by atoms with Crippen molar-refractivity contribution in [3.63, 3.8) is 0 Å². The van der Waals surface area contributed by atoms with E-state index >= 15 is 0 Å². The second-order valence-corrected chi connectivity index (χ2v) is 24.5. The molecule has 4 aromatic heterocycles. The van der Waals surface area contributed by atoms with E-state index in [0.29, 0.717) is 0 Å². The minimum Gasteiger partial charge on any atom is -0.501 e. The van der Waals surface area contributed by atoms with Gasteiger partial charge in [0, 0.05) is 43.6 Å². The molecule has 5 aromatic carbocycles. The van der Waals surface area contributed by atoms with Gasteiger partial charge in [0.2, 0.25) is 0 Å². The Bertz CT molecular complexity index is 3000. The molecule has 0 spiro atoms. The second kappa shape index (κ2) is 18.3. The molecule has 9 aromatic rings. The van der Waals surface area contributed by atoms with E-state index in [9.17, 15) is 0 Å². The number of hydrogen-bond donors (Lipinski definition) is 0. The molecule has 0 N–H and O–H groups in total. The molecule has 0 atom stereocenters. The summed E-state index contributed by atoms with van der Waals surface area (Å²) in [6, 6.07) is 44.8. The average molecular weight is 1020 g/mol. The summed E-state index contributed by atoms with van der Waals surface area (Å²) in [7, 11) is -1.37. The van der Waals surface area contributed by atoms with Crippen molar-refractivity contribution in [2.75, 3.05) is 0 Å². The number of pyridine rings is 2. The van der Waals surface area contributed by atoms with Gasteiger partial charge in [-0.05, 0) is 87.5 Å². The fourth-order valence-electron chi connectivity index (χ4n) is 8.58. The first-order valence-electron chi connectivity index (χ1n) is 21.9. The van der Waals surface area contributed by atoms with E-state index in [2.05, 4.69) is 176 Å². The van der Waals surface area contributed by atoms with Crippen LogP contribution >= 0.6 is 0 Å². The Balaban J connectivity index is 0.000000229. The molecule has 1 radical (unpaired) electrons. The molecule has 0 saturated heterocycles. The first-order valence-corrected chi connectivity index (χ1v) is 25.4. The predicted molar refractivity (Wildman–Crippen MR) is 263 cm³/mol. The molecule has 0 unspecified atom stereocenters. The van der Waals surface area contributed by atoms with Crippen molar-refractivity contribution >= 4 is 46.2 Å². The third-order valence-electron chi connectivity index (χ3n) is 11.6. The van der Waals surface area contributed by atoms with Crippen LogP contribution in [0, 0.1) is 24.5 Å². The molecule has 5 nitrogen and oxygen atoms in total. The zero-order chi connectivity index (χ0) is 43.9. The molecule has 0 fully saturated rings. The number of nitrogens with zero attached hydrogens (tertiary/aromatic N) is 4. The first-order chi connectivity index (χ1) is 29.6. The largest absolute Gasteiger partial charge is 0.501 e. The summed E-state index contributed by atoms with van der Waals surface area (Å²) in [6.07, 6.45) is 7.04. The van der Waals surface area contributed by atoms with Crippen LogP contribution in [0.15, 0.2) is 132 Å². The summed E-state index contributed by atoms with van der Waals surface area (Å²) >= 11 is 0. The molecule has 0 aliphatic carbocycles. The number of para-hydroxylation sites is 1. The van der Waals surface area contributed by atoms with Crippen LogP contribution in [-0.4, -0.2) is 27.6 Å². The van der Waals surface area contributed by atoms with E-state index in [0.717, 1.165) is 67.6 Å². The number of aryl methyl sites for hydroxylation is 1. The fourth-order valence-corrected chi connectivity index (χ4v) is 10.2. The maximum Gasteiger partial charge on any atom is 0.120 e. The van der Waals surface area contributed by atoms with Gasteiger partial charge in [0.05, 0.1) is 36.7 Å². The summed E-state index contributed by atoms with van der Waals surface area (Å²) in [5, 5.41) is 3.64. The van der Waals surface area contributed by atoms with Gasteiger partial charge in [0.25, 0.3) is 0 Å². The number of fused-ring (bicyclic) bond motifs is 4. The third kappa shape index (κ3) is 9.43. The molecule has 323 valence electrons. The normalized spacial score (nSPS) is 12.0. The van der Waals surface area contributed by atoms with E-state index in [1.54, 1.807) is 0 Å². The summed E-state index contributed by atoms with van der Waals surface area (Å²) in [4.78, 5) is 14.6. The first kappa shape index (κ1) is 45.6. The van der Waals surface area contributed by atoms with Gasteiger partial charge in [-0.3, -0.25) is 9.97 Å². The van der Waals surface area contributed by atoms with Crippen LogP contribution in [0.2, 0.25) is 19.6 Å². The van der Waals surface area contributed by atoms with Crippen LogP contribution in [0.3, 0.4) is 0 Å². The van der Waals surface area contributed by atoms with Gasteiger partial charge in [-0.15, -0.1) is 54.1 Å². The van der Waals surface area contributed by atoms with Gasteiger partial charge in [-0.2, -0.15) is 0 Å². The molecule has 0 amide bonds. The summed E-state index contributed by atoms with van der Waals surface area (Å²) in [6.45, 7) is 25.2. The molecule has 0 aliphatic heterocycles. The Hall–Kier alpha value is -5.46. The van der Waals surface area contributed by atoms with Crippen LogP contribution in [0.25, 0.3) is 72.4 Å². The number of rotatable bonds is 8. The molecule has 63 heavy (non-hydrogen) atoms. The van der Waals surface area contributed by atoms with Gasteiger partial charge in [0.15, 0.2) is 0 Å². The Morgan fingerprint density at radius 1 is 0.730 bits per heavy atom. The van der Waals surface area contributed by atoms with E-state index in [-0.39, 0.29) is 37.4 Å². The van der Waals surface area contributed by atoms with Crippen LogP contribution in [0.4, 0.5) is 0 Å². The van der Waals surface area contributed by atoms with E-state index in [4.69, 9.17) is 14.4 Å². The number of hydrogen-bond acceptors (Lipinski definition) is 4. The van der Waals surface area contributed by atoms with Crippen molar-refractivity contribution in [1.29, 1.82) is 0 Å². The van der Waals surface area contributed by atoms with Crippen molar-refractivity contribution in [2.24, 2.45) is 5.41 Å². The van der Waals surface area contributed by atoms with Crippen molar-refractivity contribution in [3.8, 4) is 39.5 Å². The average Bonchev–Trinajstić information content (AvgIpc) is 3.83.